The van der Waals surface area contributed by atoms with Crippen molar-refractivity contribution in [2.45, 2.75) is 51.1 Å². The number of rotatable bonds is 5. The first-order valence-electron chi connectivity index (χ1n) is 9.02. The Balaban J connectivity index is 1.42. The molecule has 5 heteroatoms. The fraction of sp³-hybridized carbons (Fsp3) is 0.579. The minimum atomic E-state index is 0.497. The highest BCUT2D eigenvalue weighted by molar-refractivity contribution is 5.38. The Morgan fingerprint density at radius 2 is 2.12 bits per heavy atom. The van der Waals surface area contributed by atoms with Gasteiger partial charge in [0.15, 0.2) is 0 Å². The summed E-state index contributed by atoms with van der Waals surface area (Å²) in [6, 6.07) is 6.68. The zero-order chi connectivity index (χ0) is 16.5. The summed E-state index contributed by atoms with van der Waals surface area (Å²) in [5.41, 5.74) is 0. The second-order valence-corrected chi connectivity index (χ2v) is 7.20. The van der Waals surface area contributed by atoms with Gasteiger partial charge in [0.05, 0.1) is 6.54 Å². The van der Waals surface area contributed by atoms with Crippen molar-refractivity contribution in [2.24, 2.45) is 0 Å². The molecule has 1 aliphatic carbocycles. The molecule has 0 radical (unpaired) electrons. The summed E-state index contributed by atoms with van der Waals surface area (Å²) in [6.07, 6.45) is 6.83. The molecule has 2 aromatic heterocycles. The Bertz CT molecular complexity index is 694. The van der Waals surface area contributed by atoms with Gasteiger partial charge in [0, 0.05) is 31.7 Å². The van der Waals surface area contributed by atoms with E-state index in [0.29, 0.717) is 12.0 Å². The number of likely N-dealkylation sites (N-methyl/N-ethyl adjacent to an activating group) is 1. The van der Waals surface area contributed by atoms with Crippen LogP contribution in [-0.2, 0) is 6.54 Å². The minimum absolute atomic E-state index is 0.497. The summed E-state index contributed by atoms with van der Waals surface area (Å²) in [4.78, 5) is 14.1. The van der Waals surface area contributed by atoms with E-state index in [9.17, 15) is 0 Å². The number of nitrogens with zero attached hydrogens (tertiary/aromatic N) is 4. The normalized spacial score (nSPS) is 21.8. The molecule has 2 aliphatic rings. The second-order valence-electron chi connectivity index (χ2n) is 7.20. The molecule has 3 heterocycles. The highest BCUT2D eigenvalue weighted by Gasteiger charge is 2.28. The van der Waals surface area contributed by atoms with Gasteiger partial charge < -0.3 is 9.32 Å². The minimum Gasteiger partial charge on any atom is -0.465 e. The molecule has 1 aliphatic heterocycles. The van der Waals surface area contributed by atoms with Gasteiger partial charge in [-0.2, -0.15) is 0 Å². The zero-order valence-electron chi connectivity index (χ0n) is 14.6. The van der Waals surface area contributed by atoms with Crippen molar-refractivity contribution in [2.75, 3.05) is 25.0 Å². The van der Waals surface area contributed by atoms with Crippen LogP contribution in [-0.4, -0.2) is 41.0 Å². The van der Waals surface area contributed by atoms with Crippen molar-refractivity contribution in [1.29, 1.82) is 0 Å². The Morgan fingerprint density at radius 3 is 2.88 bits per heavy atom. The van der Waals surface area contributed by atoms with Gasteiger partial charge in [-0.25, -0.2) is 9.97 Å². The zero-order valence-corrected chi connectivity index (χ0v) is 14.6. The predicted octanol–water partition coefficient (Wildman–Crippen LogP) is 3.36. The van der Waals surface area contributed by atoms with Crippen LogP contribution in [0.3, 0.4) is 0 Å². The van der Waals surface area contributed by atoms with Gasteiger partial charge in [-0.05, 0) is 57.4 Å². The monoisotopic (exact) mass is 326 g/mol. The van der Waals surface area contributed by atoms with E-state index in [2.05, 4.69) is 27.9 Å². The van der Waals surface area contributed by atoms with Gasteiger partial charge in [-0.15, -0.1) is 0 Å². The van der Waals surface area contributed by atoms with E-state index in [1.54, 1.807) is 0 Å². The molecule has 2 fully saturated rings. The molecule has 1 atom stereocenters. The Kier molecular flexibility index (Phi) is 4.27. The first-order chi connectivity index (χ1) is 11.7. The van der Waals surface area contributed by atoms with E-state index in [-0.39, 0.29) is 0 Å². The molecule has 24 heavy (non-hydrogen) atoms. The lowest BCUT2D eigenvalue weighted by atomic mass is 10.0. The molecule has 2 aromatic rings. The van der Waals surface area contributed by atoms with Crippen molar-refractivity contribution in [3.8, 4) is 0 Å². The summed E-state index contributed by atoms with van der Waals surface area (Å²) < 4.78 is 5.74. The van der Waals surface area contributed by atoms with Crippen LogP contribution < -0.4 is 4.90 Å². The van der Waals surface area contributed by atoms with Gasteiger partial charge >= 0.3 is 0 Å². The molecule has 5 nitrogen and oxygen atoms in total. The highest BCUT2D eigenvalue weighted by Crippen LogP contribution is 2.38. The lowest BCUT2D eigenvalue weighted by Crippen LogP contribution is -2.46. The van der Waals surface area contributed by atoms with Crippen molar-refractivity contribution in [3.63, 3.8) is 0 Å². The topological polar surface area (TPSA) is 45.4 Å². The molecule has 128 valence electrons. The van der Waals surface area contributed by atoms with Gasteiger partial charge in [0.2, 0.25) is 0 Å². The summed E-state index contributed by atoms with van der Waals surface area (Å²) in [6.45, 7) is 5.10. The quantitative estimate of drug-likeness (QED) is 0.843. The van der Waals surface area contributed by atoms with E-state index < -0.39 is 0 Å². The van der Waals surface area contributed by atoms with Crippen molar-refractivity contribution >= 4 is 5.82 Å². The Labute approximate surface area is 143 Å². The van der Waals surface area contributed by atoms with E-state index in [0.717, 1.165) is 42.8 Å². The van der Waals surface area contributed by atoms with Crippen LogP contribution >= 0.6 is 0 Å². The highest BCUT2D eigenvalue weighted by atomic mass is 16.3. The maximum atomic E-state index is 5.74. The Morgan fingerprint density at radius 1 is 1.25 bits per heavy atom. The second kappa shape index (κ2) is 6.55. The Hall–Kier alpha value is -1.88. The fourth-order valence-corrected chi connectivity index (χ4v) is 3.57. The number of piperidine rings is 1. The van der Waals surface area contributed by atoms with E-state index >= 15 is 0 Å². The smallest absolute Gasteiger partial charge is 0.133 e. The summed E-state index contributed by atoms with van der Waals surface area (Å²) >= 11 is 0. The van der Waals surface area contributed by atoms with Gasteiger partial charge in [0.1, 0.15) is 23.2 Å². The standard InChI is InChI=1S/C19H26N4O/c1-14-5-8-17(24-14)13-23-11-3-4-16(12-23)22(2)18-9-10-20-19(21-18)15-6-7-15/h5,8-10,15-16H,3-4,6-7,11-13H2,1-2H3. The molecule has 0 N–H and O–H groups in total. The van der Waals surface area contributed by atoms with Crippen LogP contribution in [0, 0.1) is 6.92 Å². The number of aromatic nitrogens is 2. The SMILES string of the molecule is Cc1ccc(CN2CCCC(N(C)c3ccnc(C4CC4)n3)C2)o1. The van der Waals surface area contributed by atoms with Crippen LogP contribution in [0.5, 0.6) is 0 Å². The largest absolute Gasteiger partial charge is 0.465 e. The van der Waals surface area contributed by atoms with Crippen LogP contribution in [0.15, 0.2) is 28.8 Å². The number of hydrogen-bond acceptors (Lipinski definition) is 5. The number of anilines is 1. The first kappa shape index (κ1) is 15.6. The average molecular weight is 326 g/mol. The first-order valence-corrected chi connectivity index (χ1v) is 9.02. The molecule has 1 saturated heterocycles. The van der Waals surface area contributed by atoms with E-state index in [1.807, 2.05) is 25.3 Å². The molecule has 4 rings (SSSR count). The summed E-state index contributed by atoms with van der Waals surface area (Å²) in [5.74, 6) is 4.74. The number of hydrogen-bond donors (Lipinski definition) is 0. The maximum Gasteiger partial charge on any atom is 0.133 e. The van der Waals surface area contributed by atoms with Crippen LogP contribution in [0.4, 0.5) is 5.82 Å². The number of likely N-dealkylation sites (tertiary alicyclic amines) is 1. The third kappa shape index (κ3) is 3.46. The van der Waals surface area contributed by atoms with Gasteiger partial charge in [0.25, 0.3) is 0 Å². The van der Waals surface area contributed by atoms with E-state index in [4.69, 9.17) is 9.40 Å². The maximum absolute atomic E-state index is 5.74. The number of furan rings is 1. The summed E-state index contributed by atoms with van der Waals surface area (Å²) in [5, 5.41) is 0. The molecule has 0 aromatic carbocycles. The third-order valence-electron chi connectivity index (χ3n) is 5.17. The van der Waals surface area contributed by atoms with Crippen LogP contribution in [0.1, 0.15) is 48.9 Å². The van der Waals surface area contributed by atoms with Crippen LogP contribution in [0.2, 0.25) is 0 Å². The molecule has 0 spiro atoms. The molecule has 0 bridgehead atoms. The molecular formula is C19H26N4O. The predicted molar refractivity (Wildman–Crippen MR) is 94.2 cm³/mol. The molecule has 1 unspecified atom stereocenters. The molecule has 0 amide bonds. The fourth-order valence-electron chi connectivity index (χ4n) is 3.57. The third-order valence-corrected chi connectivity index (χ3v) is 5.17. The lowest BCUT2D eigenvalue weighted by Gasteiger charge is -2.37. The van der Waals surface area contributed by atoms with Crippen molar-refractivity contribution in [3.05, 3.63) is 41.7 Å². The summed E-state index contributed by atoms with van der Waals surface area (Å²) in [7, 11) is 2.17. The van der Waals surface area contributed by atoms with Crippen molar-refractivity contribution in [1.82, 2.24) is 14.9 Å². The van der Waals surface area contributed by atoms with Gasteiger partial charge in [-0.3, -0.25) is 4.90 Å². The van der Waals surface area contributed by atoms with Gasteiger partial charge in [-0.1, -0.05) is 0 Å². The van der Waals surface area contributed by atoms with Crippen LogP contribution in [0.25, 0.3) is 0 Å². The lowest BCUT2D eigenvalue weighted by molar-refractivity contribution is 0.184. The molecular weight excluding hydrogens is 300 g/mol. The number of aryl methyl sites for hydroxylation is 1. The molecule has 1 saturated carbocycles. The van der Waals surface area contributed by atoms with E-state index in [1.165, 1.54) is 25.7 Å². The average Bonchev–Trinajstić information content (AvgIpc) is 3.38. The van der Waals surface area contributed by atoms with Crippen molar-refractivity contribution < 1.29 is 4.42 Å².